The number of aliphatic carboxylic acids is 1. The van der Waals surface area contributed by atoms with Gasteiger partial charge in [0.2, 0.25) is 6.61 Å². The van der Waals surface area contributed by atoms with Crippen LogP contribution >= 0.6 is 0 Å². The number of carboxylic acid groups (broad SMARTS) is 1. The minimum absolute atomic E-state index is 0.442. The zero-order chi connectivity index (χ0) is 12.5. The molecule has 0 atom stereocenters. The van der Waals surface area contributed by atoms with Gasteiger partial charge in [0, 0.05) is 0 Å². The van der Waals surface area contributed by atoms with E-state index in [1.165, 1.54) is 6.21 Å². The van der Waals surface area contributed by atoms with Gasteiger partial charge < -0.3 is 14.7 Å². The van der Waals surface area contributed by atoms with Gasteiger partial charge in [-0.15, -0.1) is 0 Å². The first-order valence-corrected chi connectivity index (χ1v) is 5.32. The summed E-state index contributed by atoms with van der Waals surface area (Å²) < 4.78 is 5.44. The monoisotopic (exact) mass is 237 g/mol. The quantitative estimate of drug-likeness (QED) is 0.581. The van der Waals surface area contributed by atoms with Crippen LogP contribution in [0.2, 0.25) is 0 Å². The first-order valence-electron chi connectivity index (χ1n) is 5.32. The molecule has 0 radical (unpaired) electrons. The minimum atomic E-state index is -1.05. The molecule has 0 aliphatic rings. The molecule has 0 amide bonds. The van der Waals surface area contributed by atoms with E-state index in [1.54, 1.807) is 0 Å². The lowest BCUT2D eigenvalue weighted by Crippen LogP contribution is -2.03. The fourth-order valence-corrected chi connectivity index (χ4v) is 1.10. The molecule has 0 unspecified atom stereocenters. The number of carboxylic acids is 1. The summed E-state index contributed by atoms with van der Waals surface area (Å²) in [6.45, 7) is 2.25. The van der Waals surface area contributed by atoms with Gasteiger partial charge >= 0.3 is 5.97 Å². The predicted molar refractivity (Wildman–Crippen MR) is 63.4 cm³/mol. The number of ether oxygens (including phenoxy) is 1. The second-order valence-electron chi connectivity index (χ2n) is 3.32. The molecule has 0 aromatic heterocycles. The fraction of sp³-hybridized carbons (Fsp3) is 0.333. The first kappa shape index (κ1) is 13.0. The minimum Gasteiger partial charge on any atom is -0.494 e. The van der Waals surface area contributed by atoms with Gasteiger partial charge in [-0.3, -0.25) is 0 Å². The summed E-state index contributed by atoms with van der Waals surface area (Å²) >= 11 is 0. The lowest BCUT2D eigenvalue weighted by Gasteiger charge is -2.04. The van der Waals surface area contributed by atoms with E-state index in [4.69, 9.17) is 9.84 Å². The molecular weight excluding hydrogens is 222 g/mol. The number of hydrogen-bond donors (Lipinski definition) is 1. The maximum absolute atomic E-state index is 10.2. The van der Waals surface area contributed by atoms with Crippen LogP contribution in [0, 0.1) is 0 Å². The Kier molecular flexibility index (Phi) is 5.57. The van der Waals surface area contributed by atoms with E-state index >= 15 is 0 Å². The van der Waals surface area contributed by atoms with Gasteiger partial charge in [-0.25, -0.2) is 4.79 Å². The molecule has 1 aromatic rings. The first-order chi connectivity index (χ1) is 8.22. The van der Waals surface area contributed by atoms with Gasteiger partial charge in [0.15, 0.2) is 0 Å². The lowest BCUT2D eigenvalue weighted by atomic mass is 10.2. The second-order valence-corrected chi connectivity index (χ2v) is 3.32. The molecule has 1 rings (SSSR count). The summed E-state index contributed by atoms with van der Waals surface area (Å²) in [5.74, 6) is -0.295. The molecule has 0 heterocycles. The van der Waals surface area contributed by atoms with Crippen molar-refractivity contribution < 1.29 is 19.5 Å². The summed E-state index contributed by atoms with van der Waals surface area (Å²) in [7, 11) is 0. The van der Waals surface area contributed by atoms with Crippen molar-refractivity contribution in [2.24, 2.45) is 5.16 Å². The summed E-state index contributed by atoms with van der Waals surface area (Å²) in [5.41, 5.74) is 0.795. The maximum atomic E-state index is 10.2. The van der Waals surface area contributed by atoms with E-state index in [0.29, 0.717) is 6.61 Å². The van der Waals surface area contributed by atoms with E-state index in [0.717, 1.165) is 17.7 Å². The SMILES string of the molecule is CCCOc1cccc(C=NOCC(=O)O)c1. The Bertz CT molecular complexity index is 390. The molecule has 0 aliphatic heterocycles. The number of oxime groups is 1. The average Bonchev–Trinajstić information content (AvgIpc) is 2.32. The second kappa shape index (κ2) is 7.27. The van der Waals surface area contributed by atoms with Crippen molar-refractivity contribution in [3.05, 3.63) is 29.8 Å². The third-order valence-corrected chi connectivity index (χ3v) is 1.80. The molecule has 0 fully saturated rings. The molecule has 0 saturated heterocycles. The van der Waals surface area contributed by atoms with Crippen molar-refractivity contribution in [2.45, 2.75) is 13.3 Å². The summed E-state index contributed by atoms with van der Waals surface area (Å²) in [5, 5.41) is 11.9. The highest BCUT2D eigenvalue weighted by molar-refractivity contribution is 5.79. The van der Waals surface area contributed by atoms with E-state index in [-0.39, 0.29) is 0 Å². The highest BCUT2D eigenvalue weighted by Crippen LogP contribution is 2.12. The Hall–Kier alpha value is -2.04. The Morgan fingerprint density at radius 2 is 2.35 bits per heavy atom. The predicted octanol–water partition coefficient (Wildman–Crippen LogP) is 1.91. The number of rotatable bonds is 7. The molecule has 0 spiro atoms. The molecule has 1 N–H and O–H groups in total. The van der Waals surface area contributed by atoms with Crippen molar-refractivity contribution in [1.82, 2.24) is 0 Å². The third kappa shape index (κ3) is 5.55. The zero-order valence-electron chi connectivity index (χ0n) is 9.63. The maximum Gasteiger partial charge on any atom is 0.344 e. The molecule has 0 saturated carbocycles. The number of carbonyl (C=O) groups is 1. The topological polar surface area (TPSA) is 68.1 Å². The Morgan fingerprint density at radius 3 is 3.06 bits per heavy atom. The van der Waals surface area contributed by atoms with Crippen molar-refractivity contribution >= 4 is 12.2 Å². The van der Waals surface area contributed by atoms with E-state index in [9.17, 15) is 4.79 Å². The Balaban J connectivity index is 2.50. The Morgan fingerprint density at radius 1 is 1.53 bits per heavy atom. The van der Waals surface area contributed by atoms with E-state index in [2.05, 4.69) is 9.99 Å². The van der Waals surface area contributed by atoms with Crippen LogP contribution in [0.1, 0.15) is 18.9 Å². The fourth-order valence-electron chi connectivity index (χ4n) is 1.10. The molecule has 92 valence electrons. The van der Waals surface area contributed by atoms with Gasteiger partial charge in [-0.1, -0.05) is 24.2 Å². The van der Waals surface area contributed by atoms with Crippen molar-refractivity contribution in [1.29, 1.82) is 0 Å². The molecular formula is C12H15NO4. The van der Waals surface area contributed by atoms with Gasteiger partial charge in [0.25, 0.3) is 0 Å². The van der Waals surface area contributed by atoms with Crippen molar-refractivity contribution in [3.63, 3.8) is 0 Å². The van der Waals surface area contributed by atoms with Crippen molar-refractivity contribution in [2.75, 3.05) is 13.2 Å². The molecule has 0 aliphatic carbocycles. The average molecular weight is 237 g/mol. The van der Waals surface area contributed by atoms with Crippen LogP contribution in [0.5, 0.6) is 5.75 Å². The van der Waals surface area contributed by atoms with Crippen LogP contribution in [-0.2, 0) is 9.63 Å². The third-order valence-electron chi connectivity index (χ3n) is 1.80. The zero-order valence-corrected chi connectivity index (χ0v) is 9.63. The number of nitrogens with zero attached hydrogens (tertiary/aromatic N) is 1. The highest BCUT2D eigenvalue weighted by atomic mass is 16.6. The number of hydrogen-bond acceptors (Lipinski definition) is 4. The van der Waals surface area contributed by atoms with Crippen LogP contribution in [0.25, 0.3) is 0 Å². The van der Waals surface area contributed by atoms with Crippen LogP contribution in [0.4, 0.5) is 0 Å². The Labute approximate surface area is 99.7 Å². The summed E-state index contributed by atoms with van der Waals surface area (Å²) in [6.07, 6.45) is 2.39. The molecule has 5 heteroatoms. The molecule has 1 aromatic carbocycles. The van der Waals surface area contributed by atoms with Crippen LogP contribution < -0.4 is 4.74 Å². The summed E-state index contributed by atoms with van der Waals surface area (Å²) in [4.78, 5) is 14.7. The van der Waals surface area contributed by atoms with E-state index in [1.807, 2.05) is 31.2 Å². The molecule has 0 bridgehead atoms. The summed E-state index contributed by atoms with van der Waals surface area (Å²) in [6, 6.07) is 7.32. The lowest BCUT2D eigenvalue weighted by molar-refractivity contribution is -0.142. The van der Waals surface area contributed by atoms with Gasteiger partial charge in [-0.2, -0.15) is 0 Å². The van der Waals surface area contributed by atoms with Gasteiger partial charge in [-0.05, 0) is 24.1 Å². The van der Waals surface area contributed by atoms with Crippen LogP contribution in [0.15, 0.2) is 29.4 Å². The van der Waals surface area contributed by atoms with Gasteiger partial charge in [0.05, 0.1) is 12.8 Å². The van der Waals surface area contributed by atoms with Gasteiger partial charge in [0.1, 0.15) is 5.75 Å². The smallest absolute Gasteiger partial charge is 0.344 e. The number of benzene rings is 1. The normalized spacial score (nSPS) is 10.4. The standard InChI is InChI=1S/C12H15NO4/c1-2-6-16-11-5-3-4-10(7-11)8-13-17-9-12(14)15/h3-5,7-8H,2,6,9H2,1H3,(H,14,15). The highest BCUT2D eigenvalue weighted by Gasteiger charge is 1.96. The molecule has 5 nitrogen and oxygen atoms in total. The van der Waals surface area contributed by atoms with Crippen LogP contribution in [-0.4, -0.2) is 30.5 Å². The largest absolute Gasteiger partial charge is 0.494 e. The van der Waals surface area contributed by atoms with Crippen molar-refractivity contribution in [3.8, 4) is 5.75 Å². The van der Waals surface area contributed by atoms with E-state index < -0.39 is 12.6 Å². The van der Waals surface area contributed by atoms with Crippen LogP contribution in [0.3, 0.4) is 0 Å². The molecule has 17 heavy (non-hydrogen) atoms.